The van der Waals surface area contributed by atoms with E-state index in [1.54, 1.807) is 30.1 Å². The zero-order valence-corrected chi connectivity index (χ0v) is 16.1. The zero-order valence-electron chi connectivity index (χ0n) is 15.3. The summed E-state index contributed by atoms with van der Waals surface area (Å²) in [6.07, 6.45) is 5.96. The van der Waals surface area contributed by atoms with E-state index in [0.717, 1.165) is 25.7 Å². The highest BCUT2D eigenvalue weighted by atomic mass is 32.1. The molecule has 1 aromatic carbocycles. The van der Waals surface area contributed by atoms with Gasteiger partial charge in [-0.15, -0.1) is 11.3 Å². The number of carbonyl (C=O) groups excluding carboxylic acids is 1. The van der Waals surface area contributed by atoms with E-state index in [1.165, 1.54) is 11.3 Å². The monoisotopic (exact) mass is 383 g/mol. The minimum Gasteiger partial charge on any atom is -0.497 e. The van der Waals surface area contributed by atoms with Gasteiger partial charge in [-0.3, -0.25) is 14.2 Å². The third kappa shape index (κ3) is 3.23. The summed E-state index contributed by atoms with van der Waals surface area (Å²) in [4.78, 5) is 31.4. The number of benzene rings is 1. The maximum absolute atomic E-state index is 13.0. The Morgan fingerprint density at radius 2 is 2.11 bits per heavy atom. The SMILES string of the molecule is COc1cccc(NC(=O)c2sc3ncn(C4CCCC4)c(=O)c3c2C)c1. The molecular formula is C20H21N3O3S. The lowest BCUT2D eigenvalue weighted by molar-refractivity contribution is 0.103. The first-order chi connectivity index (χ1) is 13.1. The van der Waals surface area contributed by atoms with Gasteiger partial charge in [-0.05, 0) is 37.5 Å². The normalized spacial score (nSPS) is 14.6. The van der Waals surface area contributed by atoms with Crippen molar-refractivity contribution in [3.8, 4) is 5.75 Å². The molecule has 1 amide bonds. The van der Waals surface area contributed by atoms with Crippen molar-refractivity contribution >= 4 is 33.1 Å². The number of nitrogens with zero attached hydrogens (tertiary/aromatic N) is 2. The zero-order chi connectivity index (χ0) is 19.0. The molecule has 0 bridgehead atoms. The van der Waals surface area contributed by atoms with Crippen molar-refractivity contribution in [1.82, 2.24) is 9.55 Å². The summed E-state index contributed by atoms with van der Waals surface area (Å²) in [5.74, 6) is 0.428. The van der Waals surface area contributed by atoms with Crippen molar-refractivity contribution in [2.75, 3.05) is 12.4 Å². The number of rotatable bonds is 4. The van der Waals surface area contributed by atoms with Gasteiger partial charge in [-0.2, -0.15) is 0 Å². The van der Waals surface area contributed by atoms with Crippen molar-refractivity contribution in [1.29, 1.82) is 0 Å². The van der Waals surface area contributed by atoms with E-state index < -0.39 is 0 Å². The minimum absolute atomic E-state index is 0.0407. The Balaban J connectivity index is 1.69. The van der Waals surface area contributed by atoms with Crippen LogP contribution in [0.5, 0.6) is 5.75 Å². The topological polar surface area (TPSA) is 73.2 Å². The standard InChI is InChI=1S/C20H21N3O3S/c1-12-16-19(21-11-23(20(16)25)14-7-3-4-8-14)27-17(12)18(24)22-13-6-5-9-15(10-13)26-2/h5-6,9-11,14H,3-4,7-8H2,1-2H3,(H,22,24). The first-order valence-electron chi connectivity index (χ1n) is 9.04. The van der Waals surface area contributed by atoms with Crippen LogP contribution in [0.3, 0.4) is 0 Å². The predicted octanol–water partition coefficient (Wildman–Crippen LogP) is 4.14. The van der Waals surface area contributed by atoms with Gasteiger partial charge < -0.3 is 10.1 Å². The highest BCUT2D eigenvalue weighted by Gasteiger charge is 2.23. The number of carbonyl (C=O) groups is 1. The number of aryl methyl sites for hydroxylation is 1. The van der Waals surface area contributed by atoms with E-state index >= 15 is 0 Å². The molecule has 4 rings (SSSR count). The van der Waals surface area contributed by atoms with Crippen LogP contribution in [-0.4, -0.2) is 22.6 Å². The number of hydrogen-bond acceptors (Lipinski definition) is 5. The predicted molar refractivity (Wildman–Crippen MR) is 107 cm³/mol. The second-order valence-electron chi connectivity index (χ2n) is 6.82. The Bertz CT molecular complexity index is 1060. The van der Waals surface area contributed by atoms with Gasteiger partial charge in [0.15, 0.2) is 0 Å². The molecule has 1 saturated carbocycles. The van der Waals surface area contributed by atoms with E-state index in [1.807, 2.05) is 19.1 Å². The van der Waals surface area contributed by atoms with Crippen molar-refractivity contribution in [2.24, 2.45) is 0 Å². The molecule has 0 atom stereocenters. The lowest BCUT2D eigenvalue weighted by Gasteiger charge is -2.12. The maximum Gasteiger partial charge on any atom is 0.266 e. The number of aromatic nitrogens is 2. The molecule has 1 N–H and O–H groups in total. The van der Waals surface area contributed by atoms with Crippen LogP contribution in [-0.2, 0) is 0 Å². The van der Waals surface area contributed by atoms with E-state index in [0.29, 0.717) is 32.1 Å². The van der Waals surface area contributed by atoms with Gasteiger partial charge in [0.05, 0.1) is 23.7 Å². The summed E-state index contributed by atoms with van der Waals surface area (Å²) in [6, 6.07) is 7.41. The summed E-state index contributed by atoms with van der Waals surface area (Å²) >= 11 is 1.26. The van der Waals surface area contributed by atoms with Gasteiger partial charge in [0.1, 0.15) is 10.6 Å². The number of methoxy groups -OCH3 is 1. The van der Waals surface area contributed by atoms with Crippen LogP contribution < -0.4 is 15.6 Å². The highest BCUT2D eigenvalue weighted by molar-refractivity contribution is 7.20. The van der Waals surface area contributed by atoms with E-state index in [2.05, 4.69) is 10.3 Å². The molecule has 0 unspecified atom stereocenters. The average molecular weight is 383 g/mol. The quantitative estimate of drug-likeness (QED) is 0.735. The molecule has 7 heteroatoms. The molecule has 0 spiro atoms. The molecule has 140 valence electrons. The number of amides is 1. The molecule has 1 aliphatic rings. The van der Waals surface area contributed by atoms with E-state index in [9.17, 15) is 9.59 Å². The molecule has 1 aliphatic carbocycles. The van der Waals surface area contributed by atoms with E-state index in [-0.39, 0.29) is 17.5 Å². The van der Waals surface area contributed by atoms with Crippen LogP contribution in [0.2, 0.25) is 0 Å². The molecule has 0 radical (unpaired) electrons. The van der Waals surface area contributed by atoms with Crippen molar-refractivity contribution < 1.29 is 9.53 Å². The average Bonchev–Trinajstić information content (AvgIpc) is 3.31. The summed E-state index contributed by atoms with van der Waals surface area (Å²) in [5.41, 5.74) is 1.30. The van der Waals surface area contributed by atoms with Crippen LogP contribution in [0.25, 0.3) is 10.2 Å². The lowest BCUT2D eigenvalue weighted by atomic mass is 10.2. The third-order valence-corrected chi connectivity index (χ3v) is 6.33. The molecule has 2 aromatic heterocycles. The molecular weight excluding hydrogens is 362 g/mol. The first-order valence-corrected chi connectivity index (χ1v) is 9.86. The summed E-state index contributed by atoms with van der Waals surface area (Å²) in [7, 11) is 1.58. The molecule has 27 heavy (non-hydrogen) atoms. The smallest absolute Gasteiger partial charge is 0.266 e. The highest BCUT2D eigenvalue weighted by Crippen LogP contribution is 2.31. The van der Waals surface area contributed by atoms with Crippen molar-refractivity contribution in [2.45, 2.75) is 38.6 Å². The summed E-state index contributed by atoms with van der Waals surface area (Å²) in [5, 5.41) is 3.44. The second kappa shape index (κ2) is 7.15. The number of hydrogen-bond donors (Lipinski definition) is 1. The first kappa shape index (κ1) is 17.7. The number of ether oxygens (including phenoxy) is 1. The van der Waals surface area contributed by atoms with E-state index in [4.69, 9.17) is 4.74 Å². The fraction of sp³-hybridized carbons (Fsp3) is 0.350. The molecule has 1 fully saturated rings. The minimum atomic E-state index is -0.240. The van der Waals surface area contributed by atoms with Crippen LogP contribution in [0.15, 0.2) is 35.4 Å². The van der Waals surface area contributed by atoms with Crippen LogP contribution >= 0.6 is 11.3 Å². The molecule has 6 nitrogen and oxygen atoms in total. The fourth-order valence-corrected chi connectivity index (χ4v) is 4.72. The Morgan fingerprint density at radius 3 is 2.85 bits per heavy atom. The summed E-state index contributed by atoms with van der Waals surface area (Å²) < 4.78 is 6.94. The van der Waals surface area contributed by atoms with Gasteiger partial charge >= 0.3 is 0 Å². The Morgan fingerprint density at radius 1 is 1.33 bits per heavy atom. The maximum atomic E-state index is 13.0. The fourth-order valence-electron chi connectivity index (χ4n) is 3.69. The lowest BCUT2D eigenvalue weighted by Crippen LogP contribution is -2.23. The Labute approximate surface area is 160 Å². The summed E-state index contributed by atoms with van der Waals surface area (Å²) in [6.45, 7) is 1.82. The van der Waals surface area contributed by atoms with Crippen LogP contribution in [0.1, 0.15) is 47.0 Å². The van der Waals surface area contributed by atoms with Crippen molar-refractivity contribution in [3.05, 3.63) is 51.4 Å². The van der Waals surface area contributed by atoms with Gasteiger partial charge in [0.25, 0.3) is 11.5 Å². The number of fused-ring (bicyclic) bond motifs is 1. The largest absolute Gasteiger partial charge is 0.497 e. The van der Waals surface area contributed by atoms with Gasteiger partial charge in [0, 0.05) is 17.8 Å². The Kier molecular flexibility index (Phi) is 4.70. The van der Waals surface area contributed by atoms with Crippen molar-refractivity contribution in [3.63, 3.8) is 0 Å². The number of nitrogens with one attached hydrogen (secondary N) is 1. The Hall–Kier alpha value is -2.67. The molecule has 2 heterocycles. The van der Waals surface area contributed by atoms with Gasteiger partial charge in [-0.25, -0.2) is 4.98 Å². The number of anilines is 1. The molecule has 0 saturated heterocycles. The van der Waals surface area contributed by atoms with Crippen LogP contribution in [0, 0.1) is 6.92 Å². The molecule has 0 aliphatic heterocycles. The number of thiophene rings is 1. The van der Waals surface area contributed by atoms with Crippen LogP contribution in [0.4, 0.5) is 5.69 Å². The van der Waals surface area contributed by atoms with Gasteiger partial charge in [0.2, 0.25) is 0 Å². The van der Waals surface area contributed by atoms with Gasteiger partial charge in [-0.1, -0.05) is 18.9 Å². The second-order valence-corrected chi connectivity index (χ2v) is 7.82. The molecule has 3 aromatic rings. The third-order valence-electron chi connectivity index (χ3n) is 5.13.